The third kappa shape index (κ3) is 3.59. The summed E-state index contributed by atoms with van der Waals surface area (Å²) < 4.78 is 24.6. The molecule has 4 aromatic rings. The Morgan fingerprint density at radius 3 is 2.87 bits per heavy atom. The van der Waals surface area contributed by atoms with Crippen molar-refractivity contribution in [2.45, 2.75) is 23.6 Å². The number of nitrogens with zero attached hydrogens (tertiary/aromatic N) is 4. The van der Waals surface area contributed by atoms with Gasteiger partial charge in [-0.25, -0.2) is 0 Å². The number of rotatable bonds is 7. The van der Waals surface area contributed by atoms with Gasteiger partial charge >= 0.3 is 0 Å². The topological polar surface area (TPSA) is 88.3 Å². The molecule has 0 amide bonds. The van der Waals surface area contributed by atoms with Crippen LogP contribution >= 0.6 is 11.8 Å². The van der Waals surface area contributed by atoms with Crippen LogP contribution in [0.4, 0.5) is 0 Å². The number of thioether (sulfide) groups is 1. The highest BCUT2D eigenvalue weighted by molar-refractivity contribution is 7.98. The Hall–Kier alpha value is -3.46. The maximum Gasteiger partial charge on any atom is 0.202 e. The third-order valence-corrected chi connectivity index (χ3v) is 5.53. The van der Waals surface area contributed by atoms with E-state index in [1.807, 2.05) is 41.0 Å². The van der Waals surface area contributed by atoms with Crippen molar-refractivity contribution in [3.8, 4) is 23.0 Å². The van der Waals surface area contributed by atoms with Gasteiger partial charge in [-0.15, -0.1) is 16.8 Å². The lowest BCUT2D eigenvalue weighted by molar-refractivity contribution is 0.0821. The van der Waals surface area contributed by atoms with Gasteiger partial charge in [-0.05, 0) is 24.3 Å². The van der Waals surface area contributed by atoms with Crippen LogP contribution in [-0.4, -0.2) is 26.5 Å². The molecule has 152 valence electrons. The fourth-order valence-corrected chi connectivity index (χ4v) is 3.98. The Morgan fingerprint density at radius 1 is 1.13 bits per heavy atom. The molecule has 9 heteroatoms. The van der Waals surface area contributed by atoms with Crippen molar-refractivity contribution in [1.29, 1.82) is 0 Å². The van der Waals surface area contributed by atoms with Crippen molar-refractivity contribution < 1.29 is 18.4 Å². The molecule has 3 aromatic heterocycles. The van der Waals surface area contributed by atoms with Crippen molar-refractivity contribution in [1.82, 2.24) is 19.9 Å². The molecule has 0 bridgehead atoms. The molecule has 0 aliphatic carbocycles. The molecule has 30 heavy (non-hydrogen) atoms. The van der Waals surface area contributed by atoms with E-state index in [0.29, 0.717) is 42.0 Å². The van der Waals surface area contributed by atoms with E-state index in [2.05, 4.69) is 21.9 Å². The quantitative estimate of drug-likeness (QED) is 0.317. The maximum atomic E-state index is 6.10. The number of allylic oxidation sites excluding steroid dienone is 1. The number of furan rings is 1. The predicted octanol–water partition coefficient (Wildman–Crippen LogP) is 4.52. The van der Waals surface area contributed by atoms with E-state index in [0.717, 1.165) is 16.6 Å². The second-order valence-corrected chi connectivity index (χ2v) is 7.50. The molecule has 8 nitrogen and oxygen atoms in total. The van der Waals surface area contributed by atoms with Gasteiger partial charge in [0.25, 0.3) is 0 Å². The van der Waals surface area contributed by atoms with Crippen molar-refractivity contribution >= 4 is 11.8 Å². The van der Waals surface area contributed by atoms with Crippen LogP contribution in [0.25, 0.3) is 11.5 Å². The third-order valence-electron chi connectivity index (χ3n) is 4.53. The van der Waals surface area contributed by atoms with Gasteiger partial charge in [-0.3, -0.25) is 4.57 Å². The number of para-hydroxylation sites is 2. The number of fused-ring (bicyclic) bond motifs is 1. The van der Waals surface area contributed by atoms with Crippen LogP contribution in [0.5, 0.6) is 11.5 Å². The first-order valence-electron chi connectivity index (χ1n) is 9.36. The van der Waals surface area contributed by atoms with Gasteiger partial charge in [0.05, 0.1) is 12.0 Å². The summed E-state index contributed by atoms with van der Waals surface area (Å²) >= 11 is 1.51. The minimum atomic E-state index is -0.348. The average Bonchev–Trinajstić information content (AvgIpc) is 3.53. The zero-order valence-electron chi connectivity index (χ0n) is 15.9. The number of ether oxygens (including phenoxy) is 2. The van der Waals surface area contributed by atoms with E-state index in [9.17, 15) is 0 Å². The Balaban J connectivity index is 1.33. The van der Waals surface area contributed by atoms with Gasteiger partial charge in [0.2, 0.25) is 5.76 Å². The smallest absolute Gasteiger partial charge is 0.202 e. The summed E-state index contributed by atoms with van der Waals surface area (Å²) in [7, 11) is 0. The average molecular weight is 422 g/mol. The summed E-state index contributed by atoms with van der Waals surface area (Å²) in [5.74, 6) is 3.94. The van der Waals surface area contributed by atoms with Crippen LogP contribution in [0, 0.1) is 0 Å². The molecular weight excluding hydrogens is 404 g/mol. The van der Waals surface area contributed by atoms with Crippen molar-refractivity contribution in [3.05, 3.63) is 72.9 Å². The molecular formula is C21H18N4O4S. The van der Waals surface area contributed by atoms with Gasteiger partial charge in [-0.2, -0.15) is 0 Å². The zero-order chi connectivity index (χ0) is 20.3. The van der Waals surface area contributed by atoms with E-state index < -0.39 is 0 Å². The van der Waals surface area contributed by atoms with Crippen LogP contribution < -0.4 is 9.47 Å². The molecule has 1 atom stereocenters. The second-order valence-electron chi connectivity index (χ2n) is 6.55. The summed E-state index contributed by atoms with van der Waals surface area (Å²) in [6.07, 6.45) is 3.06. The SMILES string of the molecule is C=CCn1c(SCc2cc(-c3ccco3)on2)nnc1[C@@H]1COc2ccccc2O1. The standard InChI is InChI=1S/C21H18N4O4S/c1-2-9-25-20(19-12-27-15-6-3-4-7-17(15)28-19)22-23-21(25)30-13-14-11-18(29-24-14)16-8-5-10-26-16/h2-8,10-11,19H,1,9,12-13H2/t19-/m0/s1. The minimum Gasteiger partial charge on any atom is -0.485 e. The van der Waals surface area contributed by atoms with Gasteiger partial charge in [-0.1, -0.05) is 35.1 Å². The molecule has 0 spiro atoms. The second kappa shape index (κ2) is 8.11. The molecule has 4 heterocycles. The van der Waals surface area contributed by atoms with Crippen LogP contribution in [0.15, 0.2) is 75.5 Å². The number of aromatic nitrogens is 4. The lowest BCUT2D eigenvalue weighted by atomic mass is 10.2. The van der Waals surface area contributed by atoms with E-state index in [1.165, 1.54) is 11.8 Å². The first-order chi connectivity index (χ1) is 14.8. The first kappa shape index (κ1) is 18.6. The Kier molecular flexibility index (Phi) is 5.02. The van der Waals surface area contributed by atoms with E-state index in [4.69, 9.17) is 18.4 Å². The monoisotopic (exact) mass is 422 g/mol. The zero-order valence-corrected chi connectivity index (χ0v) is 16.7. The number of hydrogen-bond donors (Lipinski definition) is 0. The lowest BCUT2D eigenvalue weighted by Crippen LogP contribution is -2.25. The fourth-order valence-electron chi connectivity index (χ4n) is 3.15. The number of benzene rings is 1. The molecule has 5 rings (SSSR count). The molecule has 0 saturated carbocycles. The summed E-state index contributed by atoms with van der Waals surface area (Å²) in [6, 6.07) is 13.1. The van der Waals surface area contributed by atoms with E-state index in [1.54, 1.807) is 18.4 Å². The summed E-state index contributed by atoms with van der Waals surface area (Å²) in [6.45, 7) is 4.78. The van der Waals surface area contributed by atoms with Crippen LogP contribution in [-0.2, 0) is 12.3 Å². The molecule has 1 aromatic carbocycles. The van der Waals surface area contributed by atoms with E-state index in [-0.39, 0.29) is 6.10 Å². The van der Waals surface area contributed by atoms with Gasteiger partial charge in [0.15, 0.2) is 34.3 Å². The normalized spacial score (nSPS) is 15.3. The van der Waals surface area contributed by atoms with Crippen LogP contribution in [0.2, 0.25) is 0 Å². The van der Waals surface area contributed by atoms with Gasteiger partial charge in [0, 0.05) is 18.4 Å². The minimum absolute atomic E-state index is 0.348. The molecule has 0 unspecified atom stereocenters. The maximum absolute atomic E-state index is 6.10. The first-order valence-corrected chi connectivity index (χ1v) is 10.3. The fraction of sp³-hybridized carbons (Fsp3) is 0.190. The van der Waals surface area contributed by atoms with Crippen molar-refractivity contribution in [2.24, 2.45) is 0 Å². The summed E-state index contributed by atoms with van der Waals surface area (Å²) in [5.41, 5.74) is 0.785. The molecule has 1 aliphatic heterocycles. The molecule has 0 N–H and O–H groups in total. The van der Waals surface area contributed by atoms with Crippen LogP contribution in [0.3, 0.4) is 0 Å². The predicted molar refractivity (Wildman–Crippen MR) is 109 cm³/mol. The van der Waals surface area contributed by atoms with Crippen molar-refractivity contribution in [2.75, 3.05) is 6.61 Å². The molecule has 0 saturated heterocycles. The highest BCUT2D eigenvalue weighted by Gasteiger charge is 2.28. The summed E-state index contributed by atoms with van der Waals surface area (Å²) in [4.78, 5) is 0. The Bertz CT molecular complexity index is 1150. The van der Waals surface area contributed by atoms with Gasteiger partial charge < -0.3 is 18.4 Å². The highest BCUT2D eigenvalue weighted by atomic mass is 32.2. The Morgan fingerprint density at radius 2 is 2.03 bits per heavy atom. The largest absolute Gasteiger partial charge is 0.485 e. The van der Waals surface area contributed by atoms with Crippen LogP contribution in [0.1, 0.15) is 17.6 Å². The molecule has 0 fully saturated rings. The Labute approximate surface area is 176 Å². The van der Waals surface area contributed by atoms with Crippen molar-refractivity contribution in [3.63, 3.8) is 0 Å². The number of hydrogen-bond acceptors (Lipinski definition) is 8. The summed E-state index contributed by atoms with van der Waals surface area (Å²) in [5, 5.41) is 13.6. The molecule has 1 aliphatic rings. The van der Waals surface area contributed by atoms with Gasteiger partial charge in [0.1, 0.15) is 6.61 Å². The highest BCUT2D eigenvalue weighted by Crippen LogP contribution is 2.36. The molecule has 0 radical (unpaired) electrons. The van der Waals surface area contributed by atoms with E-state index >= 15 is 0 Å². The lowest BCUT2D eigenvalue weighted by Gasteiger charge is -2.26.